The largest absolute Gasteiger partial charge is 0.388 e. The first-order valence-corrected chi connectivity index (χ1v) is 7.17. The standard InChI is InChI=1S/C15H26N4O/c1-12(2)19(4)10-6-5-8-18-15(20)14-11-13(16-3)7-9-17-14/h7,9,11-12H,5-6,8,10H2,1-4H3,(H,16,17)(H,18,20). The van der Waals surface area contributed by atoms with E-state index in [-0.39, 0.29) is 5.91 Å². The molecule has 0 aliphatic rings. The van der Waals surface area contributed by atoms with Gasteiger partial charge in [-0.2, -0.15) is 0 Å². The molecule has 112 valence electrons. The molecule has 1 aromatic rings. The van der Waals surface area contributed by atoms with Gasteiger partial charge in [0.25, 0.3) is 5.91 Å². The van der Waals surface area contributed by atoms with Crippen LogP contribution in [0, 0.1) is 0 Å². The van der Waals surface area contributed by atoms with E-state index >= 15 is 0 Å². The molecule has 0 fully saturated rings. The second kappa shape index (κ2) is 8.53. The summed E-state index contributed by atoms with van der Waals surface area (Å²) in [7, 11) is 3.94. The third kappa shape index (κ3) is 5.57. The molecule has 1 heterocycles. The monoisotopic (exact) mass is 278 g/mol. The summed E-state index contributed by atoms with van der Waals surface area (Å²) < 4.78 is 0. The molecule has 0 bridgehead atoms. The summed E-state index contributed by atoms with van der Waals surface area (Å²) >= 11 is 0. The lowest BCUT2D eigenvalue weighted by atomic mass is 10.2. The molecule has 5 nitrogen and oxygen atoms in total. The zero-order valence-corrected chi connectivity index (χ0v) is 12.9. The van der Waals surface area contributed by atoms with E-state index in [0.717, 1.165) is 25.1 Å². The number of pyridine rings is 1. The number of hydrogen-bond acceptors (Lipinski definition) is 4. The van der Waals surface area contributed by atoms with Gasteiger partial charge in [0.1, 0.15) is 5.69 Å². The minimum Gasteiger partial charge on any atom is -0.388 e. The number of rotatable bonds is 8. The minimum atomic E-state index is -0.112. The normalized spacial score (nSPS) is 10.9. The maximum atomic E-state index is 11.9. The number of carbonyl (C=O) groups excluding carboxylic acids is 1. The van der Waals surface area contributed by atoms with Gasteiger partial charge in [0.15, 0.2) is 0 Å². The van der Waals surface area contributed by atoms with Crippen LogP contribution in [0.1, 0.15) is 37.2 Å². The summed E-state index contributed by atoms with van der Waals surface area (Å²) in [5.74, 6) is -0.112. The third-order valence-electron chi connectivity index (χ3n) is 3.39. The Bertz CT molecular complexity index is 420. The Kier molecular flexibility index (Phi) is 7.01. The number of nitrogens with zero attached hydrogens (tertiary/aromatic N) is 2. The van der Waals surface area contributed by atoms with E-state index in [9.17, 15) is 4.79 Å². The van der Waals surface area contributed by atoms with Gasteiger partial charge >= 0.3 is 0 Å². The van der Waals surface area contributed by atoms with E-state index < -0.39 is 0 Å². The quantitative estimate of drug-likeness (QED) is 0.714. The predicted molar refractivity (Wildman–Crippen MR) is 83.1 cm³/mol. The van der Waals surface area contributed by atoms with Crippen LogP contribution in [-0.4, -0.2) is 49.0 Å². The van der Waals surface area contributed by atoms with Crippen LogP contribution in [0.3, 0.4) is 0 Å². The van der Waals surface area contributed by atoms with Crippen LogP contribution in [0.2, 0.25) is 0 Å². The van der Waals surface area contributed by atoms with Gasteiger partial charge in [-0.05, 0) is 52.4 Å². The summed E-state index contributed by atoms with van der Waals surface area (Å²) in [5, 5.41) is 5.90. The molecule has 1 aromatic heterocycles. The molecule has 1 amide bonds. The van der Waals surface area contributed by atoms with Crippen molar-refractivity contribution in [3.8, 4) is 0 Å². The van der Waals surface area contributed by atoms with Crippen LogP contribution in [-0.2, 0) is 0 Å². The second-order valence-corrected chi connectivity index (χ2v) is 5.22. The molecular weight excluding hydrogens is 252 g/mol. The summed E-state index contributed by atoms with van der Waals surface area (Å²) in [5.41, 5.74) is 1.35. The molecule has 0 saturated carbocycles. The first-order valence-electron chi connectivity index (χ1n) is 7.17. The molecular formula is C15H26N4O. The number of aromatic nitrogens is 1. The lowest BCUT2D eigenvalue weighted by molar-refractivity contribution is 0.0947. The first kappa shape index (κ1) is 16.4. The average molecular weight is 278 g/mol. The molecule has 0 aliphatic carbocycles. The van der Waals surface area contributed by atoms with Crippen LogP contribution in [0.15, 0.2) is 18.3 Å². The molecule has 0 saturated heterocycles. The van der Waals surface area contributed by atoms with Crippen LogP contribution >= 0.6 is 0 Å². The Hall–Kier alpha value is -1.62. The number of unbranched alkanes of at least 4 members (excludes halogenated alkanes) is 1. The van der Waals surface area contributed by atoms with Crippen molar-refractivity contribution < 1.29 is 4.79 Å². The van der Waals surface area contributed by atoms with Gasteiger partial charge in [-0.1, -0.05) is 0 Å². The Morgan fingerprint density at radius 2 is 2.15 bits per heavy atom. The number of hydrogen-bond donors (Lipinski definition) is 2. The van der Waals surface area contributed by atoms with Crippen LogP contribution < -0.4 is 10.6 Å². The SMILES string of the molecule is CNc1ccnc(C(=O)NCCCCN(C)C(C)C)c1. The van der Waals surface area contributed by atoms with Crippen molar-refractivity contribution in [1.82, 2.24) is 15.2 Å². The summed E-state index contributed by atoms with van der Waals surface area (Å²) in [6, 6.07) is 4.15. The van der Waals surface area contributed by atoms with Crippen molar-refractivity contribution in [2.75, 3.05) is 32.5 Å². The van der Waals surface area contributed by atoms with Gasteiger partial charge in [0.05, 0.1) is 0 Å². The maximum absolute atomic E-state index is 11.9. The molecule has 2 N–H and O–H groups in total. The minimum absolute atomic E-state index is 0.112. The number of carbonyl (C=O) groups is 1. The highest BCUT2D eigenvalue weighted by Gasteiger charge is 2.07. The van der Waals surface area contributed by atoms with E-state index in [0.29, 0.717) is 18.3 Å². The third-order valence-corrected chi connectivity index (χ3v) is 3.39. The number of anilines is 1. The van der Waals surface area contributed by atoms with E-state index in [4.69, 9.17) is 0 Å². The lowest BCUT2D eigenvalue weighted by Gasteiger charge is -2.20. The molecule has 1 rings (SSSR count). The summed E-state index contributed by atoms with van der Waals surface area (Å²) in [4.78, 5) is 18.3. The second-order valence-electron chi connectivity index (χ2n) is 5.22. The zero-order chi connectivity index (χ0) is 15.0. The summed E-state index contributed by atoms with van der Waals surface area (Å²) in [6.45, 7) is 6.11. The van der Waals surface area contributed by atoms with Crippen LogP contribution in [0.5, 0.6) is 0 Å². The molecule has 20 heavy (non-hydrogen) atoms. The van der Waals surface area contributed by atoms with E-state index in [1.807, 2.05) is 13.1 Å². The van der Waals surface area contributed by atoms with Gasteiger partial charge in [0.2, 0.25) is 0 Å². The molecule has 0 radical (unpaired) electrons. The fourth-order valence-corrected chi connectivity index (χ4v) is 1.75. The maximum Gasteiger partial charge on any atom is 0.269 e. The van der Waals surface area contributed by atoms with Crippen LogP contribution in [0.25, 0.3) is 0 Å². The van der Waals surface area contributed by atoms with Crippen molar-refractivity contribution in [2.45, 2.75) is 32.7 Å². The van der Waals surface area contributed by atoms with Crippen molar-refractivity contribution in [3.05, 3.63) is 24.0 Å². The lowest BCUT2D eigenvalue weighted by Crippen LogP contribution is -2.29. The number of nitrogens with one attached hydrogen (secondary N) is 2. The van der Waals surface area contributed by atoms with Gasteiger partial charge in [-0.3, -0.25) is 9.78 Å². The van der Waals surface area contributed by atoms with Crippen molar-refractivity contribution in [1.29, 1.82) is 0 Å². The highest BCUT2D eigenvalue weighted by molar-refractivity contribution is 5.93. The zero-order valence-electron chi connectivity index (χ0n) is 12.9. The highest BCUT2D eigenvalue weighted by atomic mass is 16.1. The molecule has 0 aliphatic heterocycles. The Morgan fingerprint density at radius 1 is 1.40 bits per heavy atom. The van der Waals surface area contributed by atoms with Gasteiger partial charge in [-0.25, -0.2) is 0 Å². The van der Waals surface area contributed by atoms with Crippen molar-refractivity contribution in [3.63, 3.8) is 0 Å². The van der Waals surface area contributed by atoms with Crippen molar-refractivity contribution >= 4 is 11.6 Å². The molecule has 0 atom stereocenters. The molecule has 0 aromatic carbocycles. The topological polar surface area (TPSA) is 57.3 Å². The van der Waals surface area contributed by atoms with Crippen molar-refractivity contribution in [2.24, 2.45) is 0 Å². The molecule has 0 spiro atoms. The smallest absolute Gasteiger partial charge is 0.269 e. The average Bonchev–Trinajstić information content (AvgIpc) is 2.46. The molecule has 5 heteroatoms. The Labute approximate surface area is 121 Å². The Balaban J connectivity index is 2.26. The fraction of sp³-hybridized carbons (Fsp3) is 0.600. The predicted octanol–water partition coefficient (Wildman–Crippen LogP) is 1.97. The van der Waals surface area contributed by atoms with Gasteiger partial charge < -0.3 is 15.5 Å². The van der Waals surface area contributed by atoms with E-state index in [1.54, 1.807) is 12.3 Å². The Morgan fingerprint density at radius 3 is 2.80 bits per heavy atom. The van der Waals surface area contributed by atoms with Gasteiger partial charge in [0, 0.05) is 31.5 Å². The first-order chi connectivity index (χ1) is 9.54. The fourth-order valence-electron chi connectivity index (χ4n) is 1.75. The van der Waals surface area contributed by atoms with Gasteiger partial charge in [-0.15, -0.1) is 0 Å². The number of amides is 1. The molecule has 0 unspecified atom stereocenters. The highest BCUT2D eigenvalue weighted by Crippen LogP contribution is 2.06. The summed E-state index contributed by atoms with van der Waals surface area (Å²) in [6.07, 6.45) is 3.70. The van der Waals surface area contributed by atoms with E-state index in [1.165, 1.54) is 0 Å². The van der Waals surface area contributed by atoms with E-state index in [2.05, 4.69) is 41.4 Å². The van der Waals surface area contributed by atoms with Crippen LogP contribution in [0.4, 0.5) is 5.69 Å².